The van der Waals surface area contributed by atoms with E-state index in [2.05, 4.69) is 42.9 Å². The summed E-state index contributed by atoms with van der Waals surface area (Å²) in [6, 6.07) is 1.40. The molecule has 2 fully saturated rings. The number of nitrogens with zero attached hydrogens (tertiary/aromatic N) is 2. The van der Waals surface area contributed by atoms with Crippen LogP contribution in [0.15, 0.2) is 0 Å². The first kappa shape index (κ1) is 14.3. The zero-order valence-electron chi connectivity index (χ0n) is 12.7. The van der Waals surface area contributed by atoms with E-state index in [4.69, 9.17) is 0 Å². The van der Waals surface area contributed by atoms with Crippen molar-refractivity contribution in [2.75, 3.05) is 39.8 Å². The van der Waals surface area contributed by atoms with Crippen molar-refractivity contribution >= 4 is 0 Å². The van der Waals surface area contributed by atoms with Gasteiger partial charge in [-0.05, 0) is 51.7 Å². The molecule has 18 heavy (non-hydrogen) atoms. The molecule has 1 N–H and O–H groups in total. The zero-order chi connectivity index (χ0) is 13.2. The molecule has 2 aliphatic heterocycles. The van der Waals surface area contributed by atoms with Crippen LogP contribution in [0.4, 0.5) is 0 Å². The molecule has 2 aliphatic rings. The highest BCUT2D eigenvalue weighted by Crippen LogP contribution is 2.32. The number of likely N-dealkylation sites (tertiary alicyclic amines) is 1. The van der Waals surface area contributed by atoms with Crippen molar-refractivity contribution in [3.05, 3.63) is 0 Å². The van der Waals surface area contributed by atoms with Crippen LogP contribution >= 0.6 is 0 Å². The third-order valence-electron chi connectivity index (χ3n) is 4.98. The average molecular weight is 253 g/mol. The van der Waals surface area contributed by atoms with Gasteiger partial charge in [-0.2, -0.15) is 0 Å². The number of rotatable bonds is 3. The molecule has 3 nitrogen and oxygen atoms in total. The minimum Gasteiger partial charge on any atom is -0.311 e. The van der Waals surface area contributed by atoms with Crippen LogP contribution in [0, 0.1) is 5.41 Å². The monoisotopic (exact) mass is 253 g/mol. The maximum Gasteiger partial charge on any atom is 0.0219 e. The summed E-state index contributed by atoms with van der Waals surface area (Å²) >= 11 is 0. The lowest BCUT2D eigenvalue weighted by atomic mass is 9.79. The van der Waals surface area contributed by atoms with Gasteiger partial charge in [-0.1, -0.05) is 13.8 Å². The summed E-state index contributed by atoms with van der Waals surface area (Å²) in [7, 11) is 2.25. The SMILES string of the molecule is CCC1CNC(C)CN1CC1(C)CCN(C)CC1. The highest BCUT2D eigenvalue weighted by atomic mass is 15.2. The molecule has 0 aromatic heterocycles. The Morgan fingerprint density at radius 3 is 2.56 bits per heavy atom. The summed E-state index contributed by atoms with van der Waals surface area (Å²) in [6.07, 6.45) is 3.99. The second-order valence-corrected chi connectivity index (χ2v) is 6.91. The molecule has 2 rings (SSSR count). The highest BCUT2D eigenvalue weighted by molar-refractivity contribution is 4.90. The smallest absolute Gasteiger partial charge is 0.0219 e. The predicted molar refractivity (Wildman–Crippen MR) is 78.0 cm³/mol. The third-order valence-corrected chi connectivity index (χ3v) is 4.98. The normalized spacial score (nSPS) is 34.7. The zero-order valence-corrected chi connectivity index (χ0v) is 12.7. The Morgan fingerprint density at radius 1 is 1.28 bits per heavy atom. The van der Waals surface area contributed by atoms with Crippen LogP contribution in [-0.2, 0) is 0 Å². The molecule has 0 saturated carbocycles. The van der Waals surface area contributed by atoms with Crippen LogP contribution in [0.25, 0.3) is 0 Å². The summed E-state index contributed by atoms with van der Waals surface area (Å²) in [4.78, 5) is 5.23. The first-order chi connectivity index (χ1) is 8.52. The van der Waals surface area contributed by atoms with Gasteiger partial charge < -0.3 is 10.2 Å². The molecule has 0 spiro atoms. The fraction of sp³-hybridized carbons (Fsp3) is 1.00. The van der Waals surface area contributed by atoms with Crippen molar-refractivity contribution in [1.82, 2.24) is 15.1 Å². The van der Waals surface area contributed by atoms with Gasteiger partial charge in [-0.3, -0.25) is 4.90 Å². The molecule has 0 aliphatic carbocycles. The van der Waals surface area contributed by atoms with Gasteiger partial charge in [0.2, 0.25) is 0 Å². The number of nitrogens with one attached hydrogen (secondary N) is 1. The van der Waals surface area contributed by atoms with Gasteiger partial charge in [-0.15, -0.1) is 0 Å². The fourth-order valence-corrected chi connectivity index (χ4v) is 3.43. The molecular weight excluding hydrogens is 222 g/mol. The predicted octanol–water partition coefficient (Wildman–Crippen LogP) is 1.79. The molecule has 0 amide bonds. The third kappa shape index (κ3) is 3.46. The van der Waals surface area contributed by atoms with E-state index in [-0.39, 0.29) is 0 Å². The van der Waals surface area contributed by atoms with Crippen LogP contribution in [0.3, 0.4) is 0 Å². The standard InChI is InChI=1S/C15H31N3/c1-5-14-10-16-13(2)11-18(14)12-15(3)6-8-17(4)9-7-15/h13-14,16H,5-12H2,1-4H3. The van der Waals surface area contributed by atoms with Gasteiger partial charge in [0, 0.05) is 31.7 Å². The Bertz CT molecular complexity index is 258. The summed E-state index contributed by atoms with van der Waals surface area (Å²) in [5.41, 5.74) is 0.539. The number of piperidine rings is 1. The van der Waals surface area contributed by atoms with E-state index in [1.54, 1.807) is 0 Å². The summed E-state index contributed by atoms with van der Waals surface area (Å²) in [5, 5.41) is 3.62. The molecule has 0 radical (unpaired) electrons. The Hall–Kier alpha value is -0.120. The van der Waals surface area contributed by atoms with Gasteiger partial charge in [0.15, 0.2) is 0 Å². The molecule has 2 heterocycles. The first-order valence-corrected chi connectivity index (χ1v) is 7.68. The van der Waals surface area contributed by atoms with Crippen LogP contribution in [-0.4, -0.2) is 61.7 Å². The first-order valence-electron chi connectivity index (χ1n) is 7.68. The number of piperazine rings is 1. The van der Waals surface area contributed by atoms with Crippen molar-refractivity contribution in [2.24, 2.45) is 5.41 Å². The van der Waals surface area contributed by atoms with E-state index < -0.39 is 0 Å². The molecule has 106 valence electrons. The molecule has 0 bridgehead atoms. The van der Waals surface area contributed by atoms with E-state index in [0.717, 1.165) is 6.04 Å². The minimum absolute atomic E-state index is 0.539. The lowest BCUT2D eigenvalue weighted by Crippen LogP contribution is -2.58. The fourth-order valence-electron chi connectivity index (χ4n) is 3.43. The molecule has 3 heteroatoms. The number of hydrogen-bond acceptors (Lipinski definition) is 3. The van der Waals surface area contributed by atoms with Gasteiger partial charge in [0.05, 0.1) is 0 Å². The minimum atomic E-state index is 0.539. The molecule has 0 aromatic rings. The Labute approximate surface area is 113 Å². The Balaban J connectivity index is 1.93. The van der Waals surface area contributed by atoms with Gasteiger partial charge >= 0.3 is 0 Å². The van der Waals surface area contributed by atoms with E-state index in [1.807, 2.05) is 0 Å². The Kier molecular flexibility index (Phi) is 4.68. The molecule has 0 aromatic carbocycles. The molecule has 2 atom stereocenters. The van der Waals surface area contributed by atoms with Gasteiger partial charge in [0.25, 0.3) is 0 Å². The molecular formula is C15H31N3. The summed E-state index contributed by atoms with van der Waals surface area (Å²) in [5.74, 6) is 0. The second kappa shape index (κ2) is 5.89. The van der Waals surface area contributed by atoms with Crippen molar-refractivity contribution in [2.45, 2.75) is 52.1 Å². The number of hydrogen-bond donors (Lipinski definition) is 1. The Morgan fingerprint density at radius 2 is 1.94 bits per heavy atom. The second-order valence-electron chi connectivity index (χ2n) is 6.91. The van der Waals surface area contributed by atoms with Crippen molar-refractivity contribution in [3.8, 4) is 0 Å². The lowest BCUT2D eigenvalue weighted by Gasteiger charge is -2.46. The van der Waals surface area contributed by atoms with Crippen molar-refractivity contribution in [3.63, 3.8) is 0 Å². The topological polar surface area (TPSA) is 18.5 Å². The van der Waals surface area contributed by atoms with Gasteiger partial charge in [-0.25, -0.2) is 0 Å². The van der Waals surface area contributed by atoms with Crippen LogP contribution < -0.4 is 5.32 Å². The van der Waals surface area contributed by atoms with Crippen LogP contribution in [0.1, 0.15) is 40.0 Å². The van der Waals surface area contributed by atoms with E-state index in [9.17, 15) is 0 Å². The lowest BCUT2D eigenvalue weighted by molar-refractivity contribution is 0.0431. The largest absolute Gasteiger partial charge is 0.311 e. The maximum atomic E-state index is 3.62. The van der Waals surface area contributed by atoms with Gasteiger partial charge in [0.1, 0.15) is 0 Å². The van der Waals surface area contributed by atoms with Crippen molar-refractivity contribution < 1.29 is 0 Å². The highest BCUT2D eigenvalue weighted by Gasteiger charge is 2.34. The van der Waals surface area contributed by atoms with E-state index in [0.29, 0.717) is 11.5 Å². The maximum absolute atomic E-state index is 3.62. The average Bonchev–Trinajstić information content (AvgIpc) is 2.34. The van der Waals surface area contributed by atoms with Crippen molar-refractivity contribution in [1.29, 1.82) is 0 Å². The quantitative estimate of drug-likeness (QED) is 0.827. The van der Waals surface area contributed by atoms with Crippen LogP contribution in [0.2, 0.25) is 0 Å². The van der Waals surface area contributed by atoms with E-state index >= 15 is 0 Å². The molecule has 2 unspecified atom stereocenters. The van der Waals surface area contributed by atoms with Crippen LogP contribution in [0.5, 0.6) is 0 Å². The summed E-state index contributed by atoms with van der Waals surface area (Å²) in [6.45, 7) is 13.4. The molecule has 2 saturated heterocycles. The summed E-state index contributed by atoms with van der Waals surface area (Å²) < 4.78 is 0. The van der Waals surface area contributed by atoms with E-state index in [1.165, 1.54) is 52.0 Å².